The van der Waals surface area contributed by atoms with Crippen molar-refractivity contribution < 1.29 is 8.81 Å². The van der Waals surface area contributed by atoms with Crippen LogP contribution in [0.2, 0.25) is 0 Å². The standard InChI is InChI=1S/C18H24FN5OS/c1-12-20-10-15(25-12)11-21-17-9-13(19)3-4-16(17)23-18(26)22-14-5-7-24(2)8-6-14/h3-4,9-10,14,21H,5-8,11H2,1-2H3,(H2,22,23,26). The Bertz CT molecular complexity index is 758. The number of hydrogen-bond acceptors (Lipinski definition) is 5. The number of aromatic nitrogens is 1. The molecule has 26 heavy (non-hydrogen) atoms. The molecule has 3 rings (SSSR count). The number of thiocarbonyl (C=S) groups is 1. The summed E-state index contributed by atoms with van der Waals surface area (Å²) in [7, 11) is 2.12. The fraction of sp³-hybridized carbons (Fsp3) is 0.444. The maximum atomic E-state index is 13.7. The lowest BCUT2D eigenvalue weighted by molar-refractivity contribution is 0.247. The van der Waals surface area contributed by atoms with Gasteiger partial charge in [0.1, 0.15) is 11.6 Å². The fourth-order valence-electron chi connectivity index (χ4n) is 2.94. The molecule has 140 valence electrons. The van der Waals surface area contributed by atoms with Crippen LogP contribution in [0.3, 0.4) is 0 Å². The van der Waals surface area contributed by atoms with Gasteiger partial charge in [-0.05, 0) is 63.4 Å². The Morgan fingerprint density at radius 3 is 2.81 bits per heavy atom. The maximum absolute atomic E-state index is 13.7. The summed E-state index contributed by atoms with van der Waals surface area (Å²) < 4.78 is 19.1. The summed E-state index contributed by atoms with van der Waals surface area (Å²) in [6.07, 6.45) is 3.76. The number of likely N-dealkylation sites (tertiary alicyclic amines) is 1. The van der Waals surface area contributed by atoms with Crippen molar-refractivity contribution in [3.63, 3.8) is 0 Å². The maximum Gasteiger partial charge on any atom is 0.191 e. The Morgan fingerprint density at radius 1 is 1.35 bits per heavy atom. The highest BCUT2D eigenvalue weighted by atomic mass is 32.1. The van der Waals surface area contributed by atoms with E-state index in [1.807, 2.05) is 0 Å². The van der Waals surface area contributed by atoms with E-state index < -0.39 is 0 Å². The minimum atomic E-state index is -0.319. The van der Waals surface area contributed by atoms with Gasteiger partial charge in [0.2, 0.25) is 0 Å². The number of aryl methyl sites for hydroxylation is 1. The highest BCUT2D eigenvalue weighted by Crippen LogP contribution is 2.24. The zero-order valence-corrected chi connectivity index (χ0v) is 15.8. The van der Waals surface area contributed by atoms with E-state index in [1.54, 1.807) is 19.2 Å². The topological polar surface area (TPSA) is 65.4 Å². The number of hydrogen-bond donors (Lipinski definition) is 3. The molecule has 1 aliphatic rings. The fourth-order valence-corrected chi connectivity index (χ4v) is 3.21. The Kier molecular flexibility index (Phi) is 6.05. The number of rotatable bonds is 5. The van der Waals surface area contributed by atoms with Crippen molar-refractivity contribution in [2.75, 3.05) is 30.8 Å². The molecule has 2 heterocycles. The van der Waals surface area contributed by atoms with Gasteiger partial charge < -0.3 is 25.3 Å². The average Bonchev–Trinajstić information content (AvgIpc) is 3.02. The molecule has 0 aliphatic carbocycles. The Morgan fingerprint density at radius 2 is 2.12 bits per heavy atom. The first-order chi connectivity index (χ1) is 12.5. The molecule has 0 saturated carbocycles. The van der Waals surface area contributed by atoms with E-state index in [-0.39, 0.29) is 5.82 Å². The van der Waals surface area contributed by atoms with Crippen molar-refractivity contribution in [1.82, 2.24) is 15.2 Å². The highest BCUT2D eigenvalue weighted by Gasteiger charge is 2.17. The van der Waals surface area contributed by atoms with Crippen LogP contribution < -0.4 is 16.0 Å². The summed E-state index contributed by atoms with van der Waals surface area (Å²) in [5.74, 6) is 0.966. The molecule has 2 aromatic rings. The first-order valence-corrected chi connectivity index (χ1v) is 9.11. The summed E-state index contributed by atoms with van der Waals surface area (Å²) in [6, 6.07) is 4.88. The van der Waals surface area contributed by atoms with Crippen LogP contribution in [-0.2, 0) is 6.54 Å². The molecule has 0 radical (unpaired) electrons. The Labute approximate surface area is 158 Å². The minimum Gasteiger partial charge on any atom is -0.444 e. The molecule has 0 bridgehead atoms. The molecule has 6 nitrogen and oxygen atoms in total. The van der Waals surface area contributed by atoms with Crippen molar-refractivity contribution in [3.8, 4) is 0 Å². The zero-order chi connectivity index (χ0) is 18.5. The minimum absolute atomic E-state index is 0.319. The van der Waals surface area contributed by atoms with Crippen molar-refractivity contribution in [2.45, 2.75) is 32.4 Å². The summed E-state index contributed by atoms with van der Waals surface area (Å²) in [5, 5.41) is 10.2. The molecule has 1 aromatic heterocycles. The van der Waals surface area contributed by atoms with Crippen LogP contribution in [0.1, 0.15) is 24.5 Å². The van der Waals surface area contributed by atoms with E-state index in [2.05, 4.69) is 32.9 Å². The molecule has 0 atom stereocenters. The molecule has 0 unspecified atom stereocenters. The van der Waals surface area contributed by atoms with Crippen LogP contribution in [0.4, 0.5) is 15.8 Å². The SMILES string of the molecule is Cc1ncc(CNc2cc(F)ccc2NC(=S)NC2CCN(C)CC2)o1. The molecule has 1 aliphatic heterocycles. The van der Waals surface area contributed by atoms with Gasteiger partial charge in [-0.1, -0.05) is 0 Å². The largest absolute Gasteiger partial charge is 0.444 e. The van der Waals surface area contributed by atoms with Crippen molar-refractivity contribution in [2.24, 2.45) is 0 Å². The summed E-state index contributed by atoms with van der Waals surface area (Å²) >= 11 is 5.43. The van der Waals surface area contributed by atoms with Gasteiger partial charge in [0.25, 0.3) is 0 Å². The number of benzene rings is 1. The van der Waals surface area contributed by atoms with E-state index in [0.717, 1.165) is 25.9 Å². The number of anilines is 2. The van der Waals surface area contributed by atoms with E-state index in [1.165, 1.54) is 12.1 Å². The van der Waals surface area contributed by atoms with Gasteiger partial charge in [0, 0.05) is 13.0 Å². The molecular formula is C18H24FN5OS. The first kappa shape index (κ1) is 18.6. The molecule has 3 N–H and O–H groups in total. The van der Waals surface area contributed by atoms with Gasteiger partial charge in [-0.15, -0.1) is 0 Å². The predicted octanol–water partition coefficient (Wildman–Crippen LogP) is 3.11. The van der Waals surface area contributed by atoms with Crippen molar-refractivity contribution in [1.29, 1.82) is 0 Å². The van der Waals surface area contributed by atoms with Crippen LogP contribution in [-0.4, -0.2) is 41.2 Å². The van der Waals surface area contributed by atoms with Gasteiger partial charge in [-0.3, -0.25) is 0 Å². The smallest absolute Gasteiger partial charge is 0.191 e. The third kappa shape index (κ3) is 5.15. The summed E-state index contributed by atoms with van der Waals surface area (Å²) in [6.45, 7) is 4.31. The van der Waals surface area contributed by atoms with Crippen LogP contribution in [0, 0.1) is 12.7 Å². The van der Waals surface area contributed by atoms with E-state index in [9.17, 15) is 4.39 Å². The predicted molar refractivity (Wildman–Crippen MR) is 105 cm³/mol. The average molecular weight is 377 g/mol. The van der Waals surface area contributed by atoms with Crippen LogP contribution >= 0.6 is 12.2 Å². The highest BCUT2D eigenvalue weighted by molar-refractivity contribution is 7.80. The molecule has 1 aromatic carbocycles. The number of nitrogens with zero attached hydrogens (tertiary/aromatic N) is 2. The second kappa shape index (κ2) is 8.46. The van der Waals surface area contributed by atoms with Gasteiger partial charge in [0.15, 0.2) is 11.0 Å². The lowest BCUT2D eigenvalue weighted by atomic mass is 10.1. The summed E-state index contributed by atoms with van der Waals surface area (Å²) in [5.41, 5.74) is 1.33. The number of oxazole rings is 1. The lowest BCUT2D eigenvalue weighted by Gasteiger charge is -2.30. The van der Waals surface area contributed by atoms with Gasteiger partial charge in [0.05, 0.1) is 24.1 Å². The molecule has 8 heteroatoms. The second-order valence-corrected chi connectivity index (χ2v) is 6.97. The molecule has 0 amide bonds. The summed E-state index contributed by atoms with van der Waals surface area (Å²) in [4.78, 5) is 6.36. The van der Waals surface area contributed by atoms with Crippen LogP contribution in [0.15, 0.2) is 28.8 Å². The molecule has 1 saturated heterocycles. The van der Waals surface area contributed by atoms with Crippen LogP contribution in [0.5, 0.6) is 0 Å². The first-order valence-electron chi connectivity index (χ1n) is 8.70. The quantitative estimate of drug-likeness (QED) is 0.692. The molecule has 0 spiro atoms. The van der Waals surface area contributed by atoms with E-state index >= 15 is 0 Å². The second-order valence-electron chi connectivity index (χ2n) is 6.57. The monoisotopic (exact) mass is 377 g/mol. The molecular weight excluding hydrogens is 353 g/mol. The lowest BCUT2D eigenvalue weighted by Crippen LogP contribution is -2.44. The van der Waals surface area contributed by atoms with E-state index in [0.29, 0.717) is 40.7 Å². The Balaban J connectivity index is 1.60. The number of piperidine rings is 1. The normalized spacial score (nSPS) is 15.7. The van der Waals surface area contributed by atoms with Gasteiger partial charge >= 0.3 is 0 Å². The number of nitrogens with one attached hydrogen (secondary N) is 3. The van der Waals surface area contributed by atoms with Gasteiger partial charge in [-0.2, -0.15) is 0 Å². The van der Waals surface area contributed by atoms with Crippen molar-refractivity contribution in [3.05, 3.63) is 41.9 Å². The van der Waals surface area contributed by atoms with E-state index in [4.69, 9.17) is 16.6 Å². The third-order valence-electron chi connectivity index (χ3n) is 4.41. The number of halogens is 1. The van der Waals surface area contributed by atoms with Crippen LogP contribution in [0.25, 0.3) is 0 Å². The van der Waals surface area contributed by atoms with Crippen molar-refractivity contribution >= 4 is 28.7 Å². The molecule has 1 fully saturated rings. The zero-order valence-electron chi connectivity index (χ0n) is 15.0. The van der Waals surface area contributed by atoms with Gasteiger partial charge in [-0.25, -0.2) is 9.37 Å². The third-order valence-corrected chi connectivity index (χ3v) is 4.63. The Hall–Kier alpha value is -2.19.